The molecule has 0 heterocycles. The van der Waals surface area contributed by atoms with Crippen LogP contribution in [0.2, 0.25) is 5.02 Å². The monoisotopic (exact) mass is 278 g/mol. The summed E-state index contributed by atoms with van der Waals surface area (Å²) < 4.78 is 0. The van der Waals surface area contributed by atoms with Crippen molar-refractivity contribution in [2.75, 3.05) is 6.54 Å². The maximum absolute atomic E-state index is 11.6. The van der Waals surface area contributed by atoms with Gasteiger partial charge in [0.15, 0.2) is 0 Å². The summed E-state index contributed by atoms with van der Waals surface area (Å²) in [6, 6.07) is 6.94. The number of benzene rings is 1. The van der Waals surface area contributed by atoms with E-state index in [-0.39, 0.29) is 5.91 Å². The van der Waals surface area contributed by atoms with E-state index in [9.17, 15) is 4.79 Å². The fourth-order valence-electron chi connectivity index (χ4n) is 2.69. The first-order valence-electron chi connectivity index (χ1n) is 7.03. The van der Waals surface area contributed by atoms with Crippen LogP contribution in [0, 0.1) is 0 Å². The average Bonchev–Trinajstić information content (AvgIpc) is 3.10. The zero-order chi connectivity index (χ0) is 13.2. The molecule has 0 aromatic heterocycles. The van der Waals surface area contributed by atoms with Crippen molar-refractivity contribution in [2.45, 2.75) is 44.2 Å². The van der Waals surface area contributed by atoms with Crippen molar-refractivity contribution in [3.05, 3.63) is 34.3 Å². The SMILES string of the molecule is O=C(CCNC1CCc2cc(Cl)ccc21)NC1CC1. The lowest BCUT2D eigenvalue weighted by atomic mass is 10.1. The molecule has 0 aliphatic heterocycles. The fraction of sp³-hybridized carbons (Fsp3) is 0.533. The summed E-state index contributed by atoms with van der Waals surface area (Å²) >= 11 is 6.00. The van der Waals surface area contributed by atoms with Gasteiger partial charge in [-0.15, -0.1) is 0 Å². The Morgan fingerprint density at radius 3 is 2.95 bits per heavy atom. The van der Waals surface area contributed by atoms with Gasteiger partial charge in [-0.3, -0.25) is 4.79 Å². The molecule has 1 atom stereocenters. The molecule has 0 bridgehead atoms. The summed E-state index contributed by atoms with van der Waals surface area (Å²) in [5.74, 6) is 0.171. The highest BCUT2D eigenvalue weighted by Crippen LogP contribution is 2.32. The molecule has 2 N–H and O–H groups in total. The van der Waals surface area contributed by atoms with E-state index in [0.717, 1.165) is 37.3 Å². The number of carbonyl (C=O) groups is 1. The van der Waals surface area contributed by atoms with E-state index in [1.165, 1.54) is 11.1 Å². The Labute approximate surface area is 118 Å². The quantitative estimate of drug-likeness (QED) is 0.869. The van der Waals surface area contributed by atoms with Gasteiger partial charge in [0.05, 0.1) is 0 Å². The lowest BCUT2D eigenvalue weighted by molar-refractivity contribution is -0.121. The van der Waals surface area contributed by atoms with Gasteiger partial charge < -0.3 is 10.6 Å². The number of fused-ring (bicyclic) bond motifs is 1. The summed E-state index contributed by atoms with van der Waals surface area (Å²) in [6.45, 7) is 0.741. The van der Waals surface area contributed by atoms with Crippen LogP contribution in [0.15, 0.2) is 18.2 Å². The molecular weight excluding hydrogens is 260 g/mol. The minimum absolute atomic E-state index is 0.171. The molecule has 1 aromatic rings. The number of halogens is 1. The molecular formula is C15H19ClN2O. The molecule has 2 aliphatic rings. The van der Waals surface area contributed by atoms with Crippen LogP contribution in [0.5, 0.6) is 0 Å². The van der Waals surface area contributed by atoms with Crippen molar-refractivity contribution in [2.24, 2.45) is 0 Å². The third-order valence-corrected chi connectivity index (χ3v) is 4.10. The van der Waals surface area contributed by atoms with Crippen molar-refractivity contribution in [1.82, 2.24) is 10.6 Å². The van der Waals surface area contributed by atoms with Gasteiger partial charge in [-0.05, 0) is 48.9 Å². The molecule has 1 saturated carbocycles. The first-order chi connectivity index (χ1) is 9.22. The standard InChI is InChI=1S/C15H19ClN2O/c16-11-2-5-13-10(9-11)1-6-14(13)17-8-7-15(19)18-12-3-4-12/h2,5,9,12,14,17H,1,3-4,6-8H2,(H,18,19). The Balaban J connectivity index is 1.48. The molecule has 4 heteroatoms. The molecule has 1 amide bonds. The maximum Gasteiger partial charge on any atom is 0.221 e. The van der Waals surface area contributed by atoms with E-state index in [2.05, 4.69) is 22.8 Å². The van der Waals surface area contributed by atoms with E-state index < -0.39 is 0 Å². The molecule has 3 nitrogen and oxygen atoms in total. The number of hydrogen-bond acceptors (Lipinski definition) is 2. The Kier molecular flexibility index (Phi) is 3.76. The molecule has 2 aliphatic carbocycles. The molecule has 1 fully saturated rings. The van der Waals surface area contributed by atoms with Crippen LogP contribution in [0.25, 0.3) is 0 Å². The predicted octanol–water partition coefficient (Wildman–Crippen LogP) is 2.59. The third-order valence-electron chi connectivity index (χ3n) is 3.87. The Morgan fingerprint density at radius 2 is 2.16 bits per heavy atom. The summed E-state index contributed by atoms with van der Waals surface area (Å²) in [5.41, 5.74) is 2.68. The normalized spacial score (nSPS) is 21.2. The predicted molar refractivity (Wildman–Crippen MR) is 76.3 cm³/mol. The Bertz CT molecular complexity index is 485. The smallest absolute Gasteiger partial charge is 0.221 e. The van der Waals surface area contributed by atoms with Crippen molar-refractivity contribution < 1.29 is 4.79 Å². The van der Waals surface area contributed by atoms with Gasteiger partial charge in [-0.25, -0.2) is 0 Å². The van der Waals surface area contributed by atoms with E-state index in [1.54, 1.807) is 0 Å². The van der Waals surface area contributed by atoms with E-state index in [0.29, 0.717) is 18.5 Å². The molecule has 0 saturated heterocycles. The summed E-state index contributed by atoms with van der Waals surface area (Å²) in [6.07, 6.45) is 5.03. The van der Waals surface area contributed by atoms with Crippen molar-refractivity contribution in [3.63, 3.8) is 0 Å². The zero-order valence-corrected chi connectivity index (χ0v) is 11.7. The first kappa shape index (κ1) is 12.9. The highest BCUT2D eigenvalue weighted by atomic mass is 35.5. The van der Waals surface area contributed by atoms with Gasteiger partial charge in [0, 0.05) is 30.1 Å². The third kappa shape index (κ3) is 3.28. The number of amides is 1. The highest BCUT2D eigenvalue weighted by Gasteiger charge is 2.24. The molecule has 3 rings (SSSR count). The van der Waals surface area contributed by atoms with Gasteiger partial charge in [-0.2, -0.15) is 0 Å². The summed E-state index contributed by atoms with van der Waals surface area (Å²) in [5, 5.41) is 7.30. The van der Waals surface area contributed by atoms with Crippen molar-refractivity contribution in [3.8, 4) is 0 Å². The van der Waals surface area contributed by atoms with Gasteiger partial charge in [-0.1, -0.05) is 17.7 Å². The minimum atomic E-state index is 0.171. The van der Waals surface area contributed by atoms with E-state index in [4.69, 9.17) is 11.6 Å². The number of rotatable bonds is 5. The van der Waals surface area contributed by atoms with Crippen LogP contribution in [-0.4, -0.2) is 18.5 Å². The Hall–Kier alpha value is -1.06. The number of hydrogen-bond donors (Lipinski definition) is 2. The number of aryl methyl sites for hydroxylation is 1. The van der Waals surface area contributed by atoms with Gasteiger partial charge >= 0.3 is 0 Å². The van der Waals surface area contributed by atoms with Crippen molar-refractivity contribution >= 4 is 17.5 Å². The second-order valence-electron chi connectivity index (χ2n) is 5.48. The summed E-state index contributed by atoms with van der Waals surface area (Å²) in [7, 11) is 0. The topological polar surface area (TPSA) is 41.1 Å². The highest BCUT2D eigenvalue weighted by molar-refractivity contribution is 6.30. The second-order valence-corrected chi connectivity index (χ2v) is 5.92. The molecule has 0 spiro atoms. The van der Waals surface area contributed by atoms with E-state index >= 15 is 0 Å². The minimum Gasteiger partial charge on any atom is -0.353 e. The molecule has 102 valence electrons. The van der Waals surface area contributed by atoms with Crippen molar-refractivity contribution in [1.29, 1.82) is 0 Å². The van der Waals surface area contributed by atoms with Crippen LogP contribution in [0.3, 0.4) is 0 Å². The maximum atomic E-state index is 11.6. The van der Waals surface area contributed by atoms with Gasteiger partial charge in [0.25, 0.3) is 0 Å². The molecule has 1 aromatic carbocycles. The Morgan fingerprint density at radius 1 is 1.32 bits per heavy atom. The fourth-order valence-corrected chi connectivity index (χ4v) is 2.88. The van der Waals surface area contributed by atoms with Gasteiger partial charge in [0.2, 0.25) is 5.91 Å². The van der Waals surface area contributed by atoms with Crippen LogP contribution in [0.1, 0.15) is 42.9 Å². The average molecular weight is 279 g/mol. The van der Waals surface area contributed by atoms with Crippen LogP contribution >= 0.6 is 11.6 Å². The zero-order valence-electron chi connectivity index (χ0n) is 10.9. The van der Waals surface area contributed by atoms with Gasteiger partial charge in [0.1, 0.15) is 0 Å². The largest absolute Gasteiger partial charge is 0.353 e. The van der Waals surface area contributed by atoms with E-state index in [1.807, 2.05) is 6.07 Å². The lowest BCUT2D eigenvalue weighted by Gasteiger charge is -2.14. The first-order valence-corrected chi connectivity index (χ1v) is 7.41. The molecule has 0 radical (unpaired) electrons. The lowest BCUT2D eigenvalue weighted by Crippen LogP contribution is -2.30. The molecule has 19 heavy (non-hydrogen) atoms. The molecule has 1 unspecified atom stereocenters. The second kappa shape index (κ2) is 5.51. The number of carbonyl (C=O) groups excluding carboxylic acids is 1. The number of nitrogens with one attached hydrogen (secondary N) is 2. The summed E-state index contributed by atoms with van der Waals surface area (Å²) in [4.78, 5) is 11.6. The van der Waals surface area contributed by atoms with Crippen LogP contribution in [-0.2, 0) is 11.2 Å². The van der Waals surface area contributed by atoms with Crippen LogP contribution in [0.4, 0.5) is 0 Å². The van der Waals surface area contributed by atoms with Crippen LogP contribution < -0.4 is 10.6 Å².